The fourth-order valence-electron chi connectivity index (χ4n) is 2.72. The average Bonchev–Trinajstić information content (AvgIpc) is 2.49. The molecule has 0 saturated carbocycles. The highest BCUT2D eigenvalue weighted by Crippen LogP contribution is 2.29. The molecule has 22 heavy (non-hydrogen) atoms. The Morgan fingerprint density at radius 3 is 2.59 bits per heavy atom. The number of ether oxygens (including phenoxy) is 1. The predicted molar refractivity (Wildman–Crippen MR) is 94.1 cm³/mol. The van der Waals surface area contributed by atoms with Crippen molar-refractivity contribution in [3.05, 3.63) is 42.2 Å². The SMILES string of the molecule is C=CCC[C@H](c1ccc(OC)c(F)c1)N1CCNCC1.Cl.Cl. The zero-order valence-corrected chi connectivity index (χ0v) is 14.5. The van der Waals surface area contributed by atoms with Crippen molar-refractivity contribution in [3.63, 3.8) is 0 Å². The molecular weight excluding hydrogens is 326 g/mol. The van der Waals surface area contributed by atoms with E-state index >= 15 is 0 Å². The van der Waals surface area contributed by atoms with Crippen molar-refractivity contribution in [2.75, 3.05) is 33.3 Å². The molecule has 0 unspecified atom stereocenters. The van der Waals surface area contributed by atoms with Gasteiger partial charge in [-0.3, -0.25) is 4.90 Å². The number of hydrogen-bond acceptors (Lipinski definition) is 3. The van der Waals surface area contributed by atoms with Crippen LogP contribution >= 0.6 is 24.8 Å². The molecule has 1 aliphatic rings. The largest absolute Gasteiger partial charge is 0.494 e. The molecule has 1 N–H and O–H groups in total. The van der Waals surface area contributed by atoms with E-state index in [0.29, 0.717) is 5.75 Å². The van der Waals surface area contributed by atoms with Crippen LogP contribution < -0.4 is 10.1 Å². The molecule has 0 bridgehead atoms. The van der Waals surface area contributed by atoms with Crippen LogP contribution in [-0.4, -0.2) is 38.2 Å². The summed E-state index contributed by atoms with van der Waals surface area (Å²) in [6, 6.07) is 5.54. The number of benzene rings is 1. The van der Waals surface area contributed by atoms with Gasteiger partial charge < -0.3 is 10.1 Å². The monoisotopic (exact) mass is 350 g/mol. The topological polar surface area (TPSA) is 24.5 Å². The molecule has 2 rings (SSSR count). The van der Waals surface area contributed by atoms with Crippen LogP contribution in [0.4, 0.5) is 4.39 Å². The first-order valence-corrected chi connectivity index (χ1v) is 7.15. The number of methoxy groups -OCH3 is 1. The lowest BCUT2D eigenvalue weighted by molar-refractivity contribution is 0.166. The van der Waals surface area contributed by atoms with E-state index in [0.717, 1.165) is 44.6 Å². The fraction of sp³-hybridized carbons (Fsp3) is 0.500. The second kappa shape index (κ2) is 10.8. The number of piperazine rings is 1. The van der Waals surface area contributed by atoms with Gasteiger partial charge in [0.2, 0.25) is 0 Å². The van der Waals surface area contributed by atoms with Gasteiger partial charge in [0.1, 0.15) is 0 Å². The normalized spacial score (nSPS) is 16.1. The zero-order valence-electron chi connectivity index (χ0n) is 12.9. The number of nitrogens with zero attached hydrogens (tertiary/aromatic N) is 1. The lowest BCUT2D eigenvalue weighted by atomic mass is 9.99. The van der Waals surface area contributed by atoms with Crippen molar-refractivity contribution in [2.45, 2.75) is 18.9 Å². The lowest BCUT2D eigenvalue weighted by Gasteiger charge is -2.35. The van der Waals surface area contributed by atoms with Gasteiger partial charge in [0, 0.05) is 32.2 Å². The van der Waals surface area contributed by atoms with Crippen molar-refractivity contribution in [3.8, 4) is 5.75 Å². The molecule has 0 aromatic heterocycles. The van der Waals surface area contributed by atoms with Crippen LogP contribution in [0.1, 0.15) is 24.4 Å². The van der Waals surface area contributed by atoms with E-state index in [1.54, 1.807) is 12.1 Å². The second-order valence-corrected chi connectivity index (χ2v) is 5.06. The maximum Gasteiger partial charge on any atom is 0.165 e. The molecule has 0 amide bonds. The molecule has 1 fully saturated rings. The zero-order chi connectivity index (χ0) is 14.4. The van der Waals surface area contributed by atoms with Gasteiger partial charge in [0.05, 0.1) is 7.11 Å². The van der Waals surface area contributed by atoms with Gasteiger partial charge in [-0.25, -0.2) is 4.39 Å². The van der Waals surface area contributed by atoms with E-state index in [9.17, 15) is 4.39 Å². The predicted octanol–water partition coefficient (Wildman–Crippen LogP) is 3.59. The summed E-state index contributed by atoms with van der Waals surface area (Å²) in [6.45, 7) is 7.76. The summed E-state index contributed by atoms with van der Waals surface area (Å²) in [5.74, 6) is 0.0141. The van der Waals surface area contributed by atoms with Crippen LogP contribution in [-0.2, 0) is 0 Å². The van der Waals surface area contributed by atoms with Crippen LogP contribution in [0.2, 0.25) is 0 Å². The standard InChI is InChI=1S/C16H23FN2O.2ClH/c1-3-4-5-15(19-10-8-18-9-11-19)13-6-7-16(20-2)14(17)12-13;;/h3,6-7,12,15,18H,1,4-5,8-11H2,2H3;2*1H/t15-;;/m1../s1. The Bertz CT molecular complexity index is 454. The minimum Gasteiger partial charge on any atom is -0.494 e. The lowest BCUT2D eigenvalue weighted by Crippen LogP contribution is -2.45. The second-order valence-electron chi connectivity index (χ2n) is 5.06. The van der Waals surface area contributed by atoms with Gasteiger partial charge in [0.15, 0.2) is 11.6 Å². The van der Waals surface area contributed by atoms with E-state index in [4.69, 9.17) is 4.74 Å². The van der Waals surface area contributed by atoms with Crippen LogP contribution in [0.15, 0.2) is 30.9 Å². The molecule has 3 nitrogen and oxygen atoms in total. The number of halogens is 3. The maximum atomic E-state index is 13.9. The smallest absolute Gasteiger partial charge is 0.165 e. The highest BCUT2D eigenvalue weighted by Gasteiger charge is 2.22. The number of rotatable bonds is 6. The van der Waals surface area contributed by atoms with E-state index < -0.39 is 0 Å². The Kier molecular flexibility index (Phi) is 10.4. The van der Waals surface area contributed by atoms with Crippen molar-refractivity contribution in [2.24, 2.45) is 0 Å². The van der Waals surface area contributed by atoms with E-state index in [1.807, 2.05) is 12.1 Å². The van der Waals surface area contributed by atoms with E-state index in [2.05, 4.69) is 16.8 Å². The summed E-state index contributed by atoms with van der Waals surface area (Å²) in [7, 11) is 1.49. The minimum absolute atomic E-state index is 0. The average molecular weight is 351 g/mol. The van der Waals surface area contributed by atoms with Gasteiger partial charge in [-0.05, 0) is 30.5 Å². The quantitative estimate of drug-likeness (QED) is 0.793. The molecular formula is C16H25Cl2FN2O. The van der Waals surface area contributed by atoms with Gasteiger partial charge in [0.25, 0.3) is 0 Å². The molecule has 1 aromatic carbocycles. The van der Waals surface area contributed by atoms with E-state index in [-0.39, 0.29) is 36.7 Å². The Morgan fingerprint density at radius 1 is 1.36 bits per heavy atom. The maximum absolute atomic E-state index is 13.9. The highest BCUT2D eigenvalue weighted by molar-refractivity contribution is 5.85. The third kappa shape index (κ3) is 5.43. The molecule has 1 saturated heterocycles. The van der Waals surface area contributed by atoms with Crippen molar-refractivity contribution >= 4 is 24.8 Å². The minimum atomic E-state index is -0.288. The van der Waals surface area contributed by atoms with Crippen molar-refractivity contribution < 1.29 is 9.13 Å². The summed E-state index contributed by atoms with van der Waals surface area (Å²) in [6.07, 6.45) is 3.83. The first-order valence-electron chi connectivity index (χ1n) is 7.15. The van der Waals surface area contributed by atoms with Crippen LogP contribution in [0.5, 0.6) is 5.75 Å². The third-order valence-electron chi connectivity index (χ3n) is 3.80. The third-order valence-corrected chi connectivity index (χ3v) is 3.80. The first-order chi connectivity index (χ1) is 9.76. The van der Waals surface area contributed by atoms with Crippen LogP contribution in [0.25, 0.3) is 0 Å². The van der Waals surface area contributed by atoms with Crippen LogP contribution in [0, 0.1) is 5.82 Å². The fourth-order valence-corrected chi connectivity index (χ4v) is 2.72. The summed E-state index contributed by atoms with van der Waals surface area (Å²) in [5, 5.41) is 3.35. The van der Waals surface area contributed by atoms with Crippen molar-refractivity contribution in [1.82, 2.24) is 10.2 Å². The summed E-state index contributed by atoms with van der Waals surface area (Å²) < 4.78 is 18.9. The molecule has 1 heterocycles. The molecule has 1 aromatic rings. The molecule has 1 aliphatic heterocycles. The van der Waals surface area contributed by atoms with Crippen LogP contribution in [0.3, 0.4) is 0 Å². The molecule has 0 spiro atoms. The summed E-state index contributed by atoms with van der Waals surface area (Å²) in [4.78, 5) is 2.42. The number of nitrogens with one attached hydrogen (secondary N) is 1. The Balaban J connectivity index is 0.00000220. The molecule has 126 valence electrons. The number of allylic oxidation sites excluding steroid dienone is 1. The highest BCUT2D eigenvalue weighted by atomic mass is 35.5. The van der Waals surface area contributed by atoms with Gasteiger partial charge in [-0.2, -0.15) is 0 Å². The molecule has 0 radical (unpaired) electrons. The Hall–Kier alpha value is -0.810. The first kappa shape index (κ1) is 21.2. The molecule has 6 heteroatoms. The summed E-state index contributed by atoms with van der Waals surface area (Å²) >= 11 is 0. The Labute approximate surface area is 144 Å². The molecule has 1 atom stereocenters. The van der Waals surface area contributed by atoms with E-state index in [1.165, 1.54) is 7.11 Å². The Morgan fingerprint density at radius 2 is 2.05 bits per heavy atom. The van der Waals surface area contributed by atoms with Gasteiger partial charge in [-0.1, -0.05) is 12.1 Å². The molecule has 0 aliphatic carbocycles. The van der Waals surface area contributed by atoms with Gasteiger partial charge in [-0.15, -0.1) is 31.4 Å². The van der Waals surface area contributed by atoms with Gasteiger partial charge >= 0.3 is 0 Å². The number of hydrogen-bond donors (Lipinski definition) is 1. The van der Waals surface area contributed by atoms with Crippen molar-refractivity contribution in [1.29, 1.82) is 0 Å². The summed E-state index contributed by atoms with van der Waals surface area (Å²) in [5.41, 5.74) is 1.02.